The van der Waals surface area contributed by atoms with Gasteiger partial charge in [-0.15, -0.1) is 0 Å². The summed E-state index contributed by atoms with van der Waals surface area (Å²) in [4.78, 5) is 30.1. The van der Waals surface area contributed by atoms with Gasteiger partial charge in [0.25, 0.3) is 0 Å². The molecular weight excluding hydrogens is 380 g/mol. The van der Waals surface area contributed by atoms with Gasteiger partial charge in [-0.25, -0.2) is 19.9 Å². The highest BCUT2D eigenvalue weighted by Gasteiger charge is 2.16. The molecule has 5 aromatic rings. The molecular formula is C20H20N10. The number of anilines is 3. The van der Waals surface area contributed by atoms with Crippen LogP contribution in [0.5, 0.6) is 0 Å². The summed E-state index contributed by atoms with van der Waals surface area (Å²) in [5.41, 5.74) is 3.34. The first-order valence-electron chi connectivity index (χ1n) is 9.63. The lowest BCUT2D eigenvalue weighted by Gasteiger charge is -2.11. The molecule has 4 heterocycles. The second-order valence-corrected chi connectivity index (χ2v) is 7.07. The van der Waals surface area contributed by atoms with Crippen LogP contribution in [0, 0.1) is 0 Å². The molecule has 0 radical (unpaired) electrons. The summed E-state index contributed by atoms with van der Waals surface area (Å²) in [6.07, 6.45) is 5.10. The number of hydrogen-bond acceptors (Lipinski definition) is 8. The summed E-state index contributed by atoms with van der Waals surface area (Å²) in [5.74, 6) is 2.24. The van der Waals surface area contributed by atoms with Crippen molar-refractivity contribution in [1.82, 2.24) is 39.5 Å². The molecule has 0 unspecified atom stereocenters. The molecule has 0 amide bonds. The number of nitrogens with one attached hydrogen (secondary N) is 3. The number of nitrogens with zero attached hydrogens (tertiary/aromatic N) is 7. The van der Waals surface area contributed by atoms with Crippen LogP contribution < -0.4 is 10.6 Å². The van der Waals surface area contributed by atoms with Crippen molar-refractivity contribution in [2.45, 2.75) is 26.4 Å². The van der Waals surface area contributed by atoms with Crippen molar-refractivity contribution in [2.24, 2.45) is 0 Å². The quantitative estimate of drug-likeness (QED) is 0.396. The second kappa shape index (κ2) is 7.39. The van der Waals surface area contributed by atoms with Gasteiger partial charge in [-0.05, 0) is 32.0 Å². The lowest BCUT2D eigenvalue weighted by atomic mass is 10.3. The number of aromatic amines is 1. The van der Waals surface area contributed by atoms with Crippen molar-refractivity contribution >= 4 is 39.9 Å². The van der Waals surface area contributed by atoms with Crippen molar-refractivity contribution in [2.75, 3.05) is 10.6 Å². The first-order chi connectivity index (χ1) is 14.7. The fourth-order valence-corrected chi connectivity index (χ4v) is 3.19. The number of para-hydroxylation sites is 2. The van der Waals surface area contributed by atoms with Gasteiger partial charge in [0.2, 0.25) is 11.9 Å². The van der Waals surface area contributed by atoms with Crippen LogP contribution >= 0.6 is 0 Å². The molecule has 1 aromatic carbocycles. The van der Waals surface area contributed by atoms with Gasteiger partial charge < -0.3 is 14.9 Å². The van der Waals surface area contributed by atoms with Gasteiger partial charge in [0.05, 0.1) is 23.9 Å². The zero-order valence-corrected chi connectivity index (χ0v) is 16.5. The number of benzene rings is 1. The molecule has 0 bridgehead atoms. The van der Waals surface area contributed by atoms with Crippen molar-refractivity contribution in [3.8, 4) is 0 Å². The third kappa shape index (κ3) is 3.39. The number of aromatic nitrogens is 8. The fraction of sp³-hybridized carbons (Fsp3) is 0.200. The van der Waals surface area contributed by atoms with Gasteiger partial charge in [-0.1, -0.05) is 12.1 Å². The Hall–Kier alpha value is -4.08. The Labute approximate surface area is 171 Å². The van der Waals surface area contributed by atoms with E-state index < -0.39 is 0 Å². The molecule has 10 nitrogen and oxygen atoms in total. The normalized spacial score (nSPS) is 11.4. The van der Waals surface area contributed by atoms with E-state index in [0.717, 1.165) is 22.5 Å². The minimum Gasteiger partial charge on any atom is -0.361 e. The van der Waals surface area contributed by atoms with Crippen LogP contribution in [0.25, 0.3) is 22.2 Å². The number of hydrogen-bond donors (Lipinski definition) is 3. The average molecular weight is 400 g/mol. The Morgan fingerprint density at radius 1 is 0.967 bits per heavy atom. The molecule has 10 heteroatoms. The minimum absolute atomic E-state index is 0.203. The van der Waals surface area contributed by atoms with Gasteiger partial charge in [0.15, 0.2) is 17.0 Å². The number of fused-ring (bicyclic) bond motifs is 2. The molecule has 0 fully saturated rings. The summed E-state index contributed by atoms with van der Waals surface area (Å²) in [5, 5.41) is 6.40. The van der Waals surface area contributed by atoms with Gasteiger partial charge in [-0.3, -0.25) is 5.32 Å². The van der Waals surface area contributed by atoms with Crippen molar-refractivity contribution in [3.63, 3.8) is 0 Å². The lowest BCUT2D eigenvalue weighted by molar-refractivity contribution is 0.613. The maximum atomic E-state index is 4.64. The smallest absolute Gasteiger partial charge is 0.233 e. The fourth-order valence-electron chi connectivity index (χ4n) is 3.19. The number of imidazole rings is 2. The van der Waals surface area contributed by atoms with Crippen LogP contribution in [0.15, 0.2) is 49.1 Å². The molecule has 0 saturated carbocycles. The highest BCUT2D eigenvalue weighted by atomic mass is 15.2. The molecule has 0 saturated heterocycles. The Morgan fingerprint density at radius 2 is 1.80 bits per heavy atom. The van der Waals surface area contributed by atoms with E-state index >= 15 is 0 Å². The van der Waals surface area contributed by atoms with Crippen LogP contribution in [0.1, 0.15) is 25.7 Å². The van der Waals surface area contributed by atoms with Crippen LogP contribution in [0.3, 0.4) is 0 Å². The topological polar surface area (TPSA) is 122 Å². The molecule has 4 aromatic heterocycles. The van der Waals surface area contributed by atoms with Gasteiger partial charge >= 0.3 is 0 Å². The van der Waals surface area contributed by atoms with E-state index in [1.165, 1.54) is 0 Å². The van der Waals surface area contributed by atoms with E-state index in [1.807, 2.05) is 28.8 Å². The monoisotopic (exact) mass is 400 g/mol. The SMILES string of the molecule is CC(C)n1cnc2c(NCc3nc4ccccc4[nH]3)nc(Nc3ncccn3)nc21. The second-order valence-electron chi connectivity index (χ2n) is 7.07. The largest absolute Gasteiger partial charge is 0.361 e. The Morgan fingerprint density at radius 3 is 2.60 bits per heavy atom. The number of H-pyrrole nitrogens is 1. The molecule has 5 rings (SSSR count). The summed E-state index contributed by atoms with van der Waals surface area (Å²) < 4.78 is 2.00. The predicted octanol–water partition coefficient (Wildman–Crippen LogP) is 3.43. The van der Waals surface area contributed by atoms with Gasteiger partial charge in [-0.2, -0.15) is 9.97 Å². The third-order valence-electron chi connectivity index (χ3n) is 4.63. The van der Waals surface area contributed by atoms with E-state index in [-0.39, 0.29) is 6.04 Å². The average Bonchev–Trinajstić information content (AvgIpc) is 3.36. The van der Waals surface area contributed by atoms with Crippen molar-refractivity contribution < 1.29 is 0 Å². The van der Waals surface area contributed by atoms with Crippen LogP contribution in [-0.2, 0) is 6.54 Å². The lowest BCUT2D eigenvalue weighted by Crippen LogP contribution is -2.09. The predicted molar refractivity (Wildman–Crippen MR) is 114 cm³/mol. The van der Waals surface area contributed by atoms with E-state index in [9.17, 15) is 0 Å². The van der Waals surface area contributed by atoms with E-state index in [4.69, 9.17) is 0 Å². The molecule has 150 valence electrons. The van der Waals surface area contributed by atoms with Crippen molar-refractivity contribution in [1.29, 1.82) is 0 Å². The van der Waals surface area contributed by atoms with Crippen molar-refractivity contribution in [3.05, 3.63) is 54.9 Å². The molecule has 0 aliphatic carbocycles. The molecule has 3 N–H and O–H groups in total. The minimum atomic E-state index is 0.203. The zero-order chi connectivity index (χ0) is 20.5. The van der Waals surface area contributed by atoms with Gasteiger partial charge in [0.1, 0.15) is 5.82 Å². The molecule has 0 aliphatic heterocycles. The molecule has 0 aliphatic rings. The Kier molecular flexibility index (Phi) is 4.43. The Balaban J connectivity index is 1.50. The first kappa shape index (κ1) is 18.0. The third-order valence-corrected chi connectivity index (χ3v) is 4.63. The van der Waals surface area contributed by atoms with E-state index in [0.29, 0.717) is 29.8 Å². The summed E-state index contributed by atoms with van der Waals surface area (Å²) in [6, 6.07) is 9.88. The van der Waals surface area contributed by atoms with E-state index in [2.05, 4.69) is 59.4 Å². The highest BCUT2D eigenvalue weighted by Crippen LogP contribution is 2.24. The molecule has 30 heavy (non-hydrogen) atoms. The number of rotatable bonds is 6. The summed E-state index contributed by atoms with van der Waals surface area (Å²) >= 11 is 0. The maximum Gasteiger partial charge on any atom is 0.233 e. The Bertz CT molecular complexity index is 1270. The van der Waals surface area contributed by atoms with Crippen LogP contribution in [-0.4, -0.2) is 39.5 Å². The van der Waals surface area contributed by atoms with Crippen LogP contribution in [0.2, 0.25) is 0 Å². The highest BCUT2D eigenvalue weighted by molar-refractivity contribution is 5.84. The van der Waals surface area contributed by atoms with Crippen LogP contribution in [0.4, 0.5) is 17.7 Å². The maximum absolute atomic E-state index is 4.64. The van der Waals surface area contributed by atoms with Gasteiger partial charge in [0, 0.05) is 18.4 Å². The van der Waals surface area contributed by atoms with E-state index in [1.54, 1.807) is 24.8 Å². The summed E-state index contributed by atoms with van der Waals surface area (Å²) in [7, 11) is 0. The molecule has 0 spiro atoms. The zero-order valence-electron chi connectivity index (χ0n) is 16.5. The standard InChI is InChI=1S/C20H20N10/c1-12(2)30-11-24-16-17(23-10-15-25-13-6-3-4-7-14(13)26-15)27-20(28-18(16)30)29-19-21-8-5-9-22-19/h3-9,11-12H,10H2,1-2H3,(H,25,26)(H2,21,22,23,27,28,29). The summed E-state index contributed by atoms with van der Waals surface area (Å²) in [6.45, 7) is 4.63. The molecule has 0 atom stereocenters. The first-order valence-corrected chi connectivity index (χ1v) is 9.63.